The zero-order valence-electron chi connectivity index (χ0n) is 12.2. The molecule has 1 fully saturated rings. The van der Waals surface area contributed by atoms with Crippen LogP contribution in [0, 0.1) is 5.92 Å². The minimum absolute atomic E-state index is 0.157. The van der Waals surface area contributed by atoms with E-state index >= 15 is 0 Å². The molecule has 1 aliphatic rings. The van der Waals surface area contributed by atoms with Crippen LogP contribution in [0.4, 0.5) is 0 Å². The van der Waals surface area contributed by atoms with Crippen LogP contribution in [0.1, 0.15) is 30.9 Å². The first-order valence-electron chi connectivity index (χ1n) is 7.48. The molecule has 0 bridgehead atoms. The minimum atomic E-state index is -0.691. The number of Topliss-reactive ketones (excluding diaryl/α,β-unsaturated/α-hetero) is 1. The van der Waals surface area contributed by atoms with Crippen LogP contribution < -0.4 is 0 Å². The molecule has 1 N–H and O–H groups in total. The average molecular weight is 280 g/mol. The summed E-state index contributed by atoms with van der Waals surface area (Å²) in [4.78, 5) is 12.0. The Morgan fingerprint density at radius 3 is 1.90 bits per heavy atom. The Morgan fingerprint density at radius 2 is 1.43 bits per heavy atom. The summed E-state index contributed by atoms with van der Waals surface area (Å²) in [5, 5.41) is 10.9. The summed E-state index contributed by atoms with van der Waals surface area (Å²) in [5.41, 5.74) is 1.68. The van der Waals surface area contributed by atoms with Crippen LogP contribution in [-0.4, -0.2) is 17.0 Å². The lowest BCUT2D eigenvalue weighted by molar-refractivity contribution is -0.131. The molecule has 0 aromatic heterocycles. The number of rotatable bonds is 2. The molecule has 0 radical (unpaired) electrons. The summed E-state index contributed by atoms with van der Waals surface area (Å²) in [5.74, 6) is -0.177. The Balaban J connectivity index is 2.19. The van der Waals surface area contributed by atoms with Crippen molar-refractivity contribution in [2.45, 2.75) is 31.3 Å². The second kappa shape index (κ2) is 5.45. The second-order valence-corrected chi connectivity index (χ2v) is 5.90. The maximum absolute atomic E-state index is 12.0. The predicted octanol–water partition coefficient (Wildman–Crippen LogP) is 3.33. The van der Waals surface area contributed by atoms with E-state index < -0.39 is 11.5 Å². The highest BCUT2D eigenvalue weighted by Crippen LogP contribution is 2.45. The van der Waals surface area contributed by atoms with Gasteiger partial charge in [0, 0.05) is 17.8 Å². The summed E-state index contributed by atoms with van der Waals surface area (Å²) in [6, 6.07) is 20.1. The third kappa shape index (κ3) is 2.20. The SMILES string of the molecule is C[C@@H]1C(=O)CCC(c2ccccc2)(c2ccccc2)[C@@H]1O. The van der Waals surface area contributed by atoms with E-state index in [1.165, 1.54) is 0 Å². The number of carbonyl (C=O) groups is 1. The predicted molar refractivity (Wildman–Crippen MR) is 83.1 cm³/mol. The van der Waals surface area contributed by atoms with Crippen molar-refractivity contribution in [2.75, 3.05) is 0 Å². The van der Waals surface area contributed by atoms with E-state index in [0.717, 1.165) is 11.1 Å². The van der Waals surface area contributed by atoms with Gasteiger partial charge in [-0.25, -0.2) is 0 Å². The van der Waals surface area contributed by atoms with Crippen LogP contribution in [-0.2, 0) is 10.2 Å². The van der Waals surface area contributed by atoms with Crippen molar-refractivity contribution in [2.24, 2.45) is 5.92 Å². The molecule has 1 saturated carbocycles. The van der Waals surface area contributed by atoms with Gasteiger partial charge < -0.3 is 5.11 Å². The van der Waals surface area contributed by atoms with Crippen LogP contribution in [0.5, 0.6) is 0 Å². The van der Waals surface area contributed by atoms with Crippen molar-refractivity contribution >= 4 is 5.78 Å². The summed E-state index contributed by atoms with van der Waals surface area (Å²) in [7, 11) is 0. The molecule has 3 rings (SSSR count). The Hall–Kier alpha value is -1.93. The summed E-state index contributed by atoms with van der Waals surface area (Å²) < 4.78 is 0. The van der Waals surface area contributed by atoms with Gasteiger partial charge in [0.1, 0.15) is 5.78 Å². The van der Waals surface area contributed by atoms with Crippen molar-refractivity contribution in [3.8, 4) is 0 Å². The van der Waals surface area contributed by atoms with Crippen LogP contribution in [0.25, 0.3) is 0 Å². The van der Waals surface area contributed by atoms with Gasteiger partial charge in [-0.15, -0.1) is 0 Å². The molecule has 0 unspecified atom stereocenters. The number of benzene rings is 2. The van der Waals surface area contributed by atoms with Crippen LogP contribution >= 0.6 is 0 Å². The highest BCUT2D eigenvalue weighted by atomic mass is 16.3. The fraction of sp³-hybridized carbons (Fsp3) is 0.316. The zero-order chi connectivity index (χ0) is 14.9. The van der Waals surface area contributed by atoms with Crippen molar-refractivity contribution in [1.82, 2.24) is 0 Å². The van der Waals surface area contributed by atoms with Gasteiger partial charge >= 0.3 is 0 Å². The first kappa shape index (κ1) is 14.0. The molecule has 0 spiro atoms. The van der Waals surface area contributed by atoms with Gasteiger partial charge in [-0.2, -0.15) is 0 Å². The number of ketones is 1. The Bertz CT molecular complexity index is 579. The molecule has 1 aliphatic carbocycles. The van der Waals surface area contributed by atoms with E-state index in [2.05, 4.69) is 24.3 Å². The van der Waals surface area contributed by atoms with Crippen LogP contribution in [0.3, 0.4) is 0 Å². The van der Waals surface area contributed by atoms with Crippen molar-refractivity contribution in [1.29, 1.82) is 0 Å². The van der Waals surface area contributed by atoms with Crippen molar-refractivity contribution < 1.29 is 9.90 Å². The van der Waals surface area contributed by atoms with Crippen molar-refractivity contribution in [3.63, 3.8) is 0 Å². The van der Waals surface area contributed by atoms with E-state index in [0.29, 0.717) is 12.8 Å². The lowest BCUT2D eigenvalue weighted by atomic mass is 9.60. The average Bonchev–Trinajstić information content (AvgIpc) is 2.55. The summed E-state index contributed by atoms with van der Waals surface area (Å²) in [6.45, 7) is 1.84. The third-order valence-corrected chi connectivity index (χ3v) is 4.83. The van der Waals surface area contributed by atoms with Gasteiger partial charge in [-0.3, -0.25) is 4.79 Å². The molecule has 2 atom stereocenters. The maximum atomic E-state index is 12.0. The molecule has 2 heteroatoms. The van der Waals surface area contributed by atoms with E-state index in [1.807, 2.05) is 43.3 Å². The molecule has 2 aromatic carbocycles. The van der Waals surface area contributed by atoms with Gasteiger partial charge in [0.2, 0.25) is 0 Å². The Labute approximate surface area is 125 Å². The van der Waals surface area contributed by atoms with Crippen LogP contribution in [0.15, 0.2) is 60.7 Å². The second-order valence-electron chi connectivity index (χ2n) is 5.90. The molecular formula is C19H20O2. The van der Waals surface area contributed by atoms with E-state index in [4.69, 9.17) is 0 Å². The van der Waals surface area contributed by atoms with Gasteiger partial charge in [-0.05, 0) is 17.5 Å². The highest BCUT2D eigenvalue weighted by molar-refractivity contribution is 5.83. The fourth-order valence-electron chi connectivity index (χ4n) is 3.57. The van der Waals surface area contributed by atoms with Gasteiger partial charge in [-0.1, -0.05) is 67.6 Å². The smallest absolute Gasteiger partial charge is 0.138 e. The number of hydrogen-bond donors (Lipinski definition) is 1. The zero-order valence-corrected chi connectivity index (χ0v) is 12.2. The molecular weight excluding hydrogens is 260 g/mol. The maximum Gasteiger partial charge on any atom is 0.138 e. The molecule has 2 nitrogen and oxygen atoms in total. The first-order valence-corrected chi connectivity index (χ1v) is 7.48. The standard InChI is InChI=1S/C19H20O2/c1-14-17(20)12-13-19(18(14)21,15-8-4-2-5-9-15)16-10-6-3-7-11-16/h2-11,14,18,21H,12-13H2,1H3/t14-,18-/m1/s1. The highest BCUT2D eigenvalue weighted by Gasteiger charge is 2.48. The lowest BCUT2D eigenvalue weighted by Crippen LogP contribution is -2.50. The summed E-state index contributed by atoms with van der Waals surface area (Å²) in [6.07, 6.45) is 0.483. The molecule has 2 aromatic rings. The monoisotopic (exact) mass is 280 g/mol. The molecule has 21 heavy (non-hydrogen) atoms. The number of carbonyl (C=O) groups excluding carboxylic acids is 1. The molecule has 0 saturated heterocycles. The Morgan fingerprint density at radius 1 is 0.952 bits per heavy atom. The molecule has 0 heterocycles. The third-order valence-electron chi connectivity index (χ3n) is 4.83. The molecule has 0 aliphatic heterocycles. The van der Waals surface area contributed by atoms with Crippen LogP contribution in [0.2, 0.25) is 0 Å². The first-order chi connectivity index (χ1) is 10.2. The van der Waals surface area contributed by atoms with Crippen molar-refractivity contribution in [3.05, 3.63) is 71.8 Å². The normalized spacial score (nSPS) is 24.8. The number of hydrogen-bond acceptors (Lipinski definition) is 2. The van der Waals surface area contributed by atoms with Gasteiger partial charge in [0.05, 0.1) is 6.10 Å². The topological polar surface area (TPSA) is 37.3 Å². The summed E-state index contributed by atoms with van der Waals surface area (Å²) >= 11 is 0. The number of aliphatic hydroxyl groups is 1. The van der Waals surface area contributed by atoms with Gasteiger partial charge in [0.15, 0.2) is 0 Å². The largest absolute Gasteiger partial charge is 0.391 e. The van der Waals surface area contributed by atoms with E-state index in [-0.39, 0.29) is 11.7 Å². The fourth-order valence-corrected chi connectivity index (χ4v) is 3.57. The van der Waals surface area contributed by atoms with Gasteiger partial charge in [0.25, 0.3) is 0 Å². The van der Waals surface area contributed by atoms with E-state index in [1.54, 1.807) is 0 Å². The van der Waals surface area contributed by atoms with E-state index in [9.17, 15) is 9.90 Å². The molecule has 0 amide bonds. The lowest BCUT2D eigenvalue weighted by Gasteiger charge is -2.45. The number of aliphatic hydroxyl groups excluding tert-OH is 1. The minimum Gasteiger partial charge on any atom is -0.391 e. The quantitative estimate of drug-likeness (QED) is 0.916. The Kier molecular flexibility index (Phi) is 3.64. The molecule has 108 valence electrons.